The Bertz CT molecular complexity index is 635. The average Bonchev–Trinajstić information content (AvgIpc) is 2.97. The summed E-state index contributed by atoms with van der Waals surface area (Å²) in [6.45, 7) is 1.17. The Morgan fingerprint density at radius 1 is 1.47 bits per heavy atom. The second kappa shape index (κ2) is 4.47. The fourth-order valence-electron chi connectivity index (χ4n) is 2.29. The molecule has 0 bridgehead atoms. The predicted molar refractivity (Wildman–Crippen MR) is 68.8 cm³/mol. The molecule has 0 spiro atoms. The van der Waals surface area contributed by atoms with E-state index in [9.17, 15) is 4.79 Å². The van der Waals surface area contributed by atoms with E-state index in [1.165, 1.54) is 0 Å². The molecule has 3 heterocycles. The van der Waals surface area contributed by atoms with Gasteiger partial charge in [-0.15, -0.1) is 0 Å². The van der Waals surface area contributed by atoms with Gasteiger partial charge in [-0.3, -0.25) is 9.48 Å². The number of rotatable bonds is 3. The largest absolute Gasteiger partial charge is 0.335 e. The van der Waals surface area contributed by atoms with Gasteiger partial charge in [0.1, 0.15) is 0 Å². The first-order valence-electron chi connectivity index (χ1n) is 6.12. The first-order chi connectivity index (χ1) is 9.19. The zero-order chi connectivity index (χ0) is 13.4. The molecule has 0 radical (unpaired) electrons. The Labute approximate surface area is 109 Å². The first-order valence-corrected chi connectivity index (χ1v) is 6.12. The van der Waals surface area contributed by atoms with Gasteiger partial charge in [0, 0.05) is 20.0 Å². The van der Waals surface area contributed by atoms with E-state index in [-0.39, 0.29) is 5.91 Å². The summed E-state index contributed by atoms with van der Waals surface area (Å²) in [4.78, 5) is 22.2. The van der Waals surface area contributed by atoms with Crippen LogP contribution in [0.15, 0.2) is 6.20 Å². The lowest BCUT2D eigenvalue weighted by Crippen LogP contribution is -2.25. The summed E-state index contributed by atoms with van der Waals surface area (Å²) in [6, 6.07) is 0. The molecule has 0 unspecified atom stereocenters. The molecular weight excluding hydrogens is 246 g/mol. The van der Waals surface area contributed by atoms with E-state index in [2.05, 4.69) is 20.5 Å². The monoisotopic (exact) mass is 261 g/mol. The standard InChI is InChI=1S/C11H15N7O/c1-17-11-7(5-13-17)10(16-12)14-8(15-11)6-18-4-2-3-9(18)19/h5H,2-4,6,12H2,1H3,(H,14,15,16). The van der Waals surface area contributed by atoms with E-state index in [4.69, 9.17) is 5.84 Å². The summed E-state index contributed by atoms with van der Waals surface area (Å²) in [5, 5.41) is 4.90. The van der Waals surface area contributed by atoms with E-state index in [0.29, 0.717) is 30.3 Å². The number of nitrogen functional groups attached to an aromatic ring is 1. The van der Waals surface area contributed by atoms with Crippen LogP contribution in [0.5, 0.6) is 0 Å². The van der Waals surface area contributed by atoms with Gasteiger partial charge in [0.05, 0.1) is 18.1 Å². The molecule has 2 aromatic rings. The number of nitrogens with zero attached hydrogens (tertiary/aromatic N) is 5. The Hall–Kier alpha value is -2.22. The van der Waals surface area contributed by atoms with Crippen molar-refractivity contribution < 1.29 is 4.79 Å². The number of anilines is 1. The second-order valence-corrected chi connectivity index (χ2v) is 4.56. The van der Waals surface area contributed by atoms with Crippen LogP contribution < -0.4 is 11.3 Å². The Morgan fingerprint density at radius 2 is 2.32 bits per heavy atom. The fourth-order valence-corrected chi connectivity index (χ4v) is 2.29. The Balaban J connectivity index is 1.99. The zero-order valence-corrected chi connectivity index (χ0v) is 10.6. The average molecular weight is 261 g/mol. The smallest absolute Gasteiger partial charge is 0.223 e. The van der Waals surface area contributed by atoms with Crippen molar-refractivity contribution in [3.05, 3.63) is 12.0 Å². The number of hydrazine groups is 1. The van der Waals surface area contributed by atoms with Crippen LogP contribution in [0.2, 0.25) is 0 Å². The molecule has 1 amide bonds. The molecular formula is C11H15N7O. The topological polar surface area (TPSA) is 102 Å². The maximum absolute atomic E-state index is 11.6. The number of carbonyl (C=O) groups excluding carboxylic acids is 1. The molecule has 8 nitrogen and oxygen atoms in total. The van der Waals surface area contributed by atoms with Crippen LogP contribution in [-0.2, 0) is 18.4 Å². The molecule has 3 N–H and O–H groups in total. The third-order valence-electron chi connectivity index (χ3n) is 3.28. The summed E-state index contributed by atoms with van der Waals surface area (Å²) in [5.74, 6) is 6.72. The molecule has 100 valence electrons. The summed E-state index contributed by atoms with van der Waals surface area (Å²) >= 11 is 0. The molecule has 0 saturated carbocycles. The summed E-state index contributed by atoms with van der Waals surface area (Å²) < 4.78 is 1.66. The third-order valence-corrected chi connectivity index (χ3v) is 3.28. The van der Waals surface area contributed by atoms with Gasteiger partial charge in [-0.05, 0) is 6.42 Å². The number of aromatic nitrogens is 4. The SMILES string of the molecule is Cn1ncc2c(NN)nc(CN3CCCC3=O)nc21. The molecule has 0 aliphatic carbocycles. The lowest BCUT2D eigenvalue weighted by atomic mass is 10.3. The molecule has 0 aromatic carbocycles. The quantitative estimate of drug-likeness (QED) is 0.584. The highest BCUT2D eigenvalue weighted by Crippen LogP contribution is 2.20. The minimum Gasteiger partial charge on any atom is -0.335 e. The van der Waals surface area contributed by atoms with Gasteiger partial charge in [0.2, 0.25) is 5.91 Å². The number of aryl methyl sites for hydroxylation is 1. The van der Waals surface area contributed by atoms with Crippen LogP contribution in [0, 0.1) is 0 Å². The van der Waals surface area contributed by atoms with Gasteiger partial charge in [-0.2, -0.15) is 5.10 Å². The molecule has 1 aliphatic heterocycles. The molecule has 3 rings (SSSR count). The van der Waals surface area contributed by atoms with E-state index in [1.54, 1.807) is 22.8 Å². The van der Waals surface area contributed by atoms with Crippen molar-refractivity contribution in [1.82, 2.24) is 24.6 Å². The van der Waals surface area contributed by atoms with E-state index < -0.39 is 0 Å². The molecule has 0 atom stereocenters. The number of carbonyl (C=O) groups is 1. The van der Waals surface area contributed by atoms with Crippen molar-refractivity contribution in [3.63, 3.8) is 0 Å². The van der Waals surface area contributed by atoms with Crippen molar-refractivity contribution in [2.45, 2.75) is 19.4 Å². The Kier molecular flexibility index (Phi) is 2.79. The van der Waals surface area contributed by atoms with E-state index in [1.807, 2.05) is 0 Å². The molecule has 1 aliphatic rings. The minimum absolute atomic E-state index is 0.149. The molecule has 2 aromatic heterocycles. The summed E-state index contributed by atoms with van der Waals surface area (Å²) in [6.07, 6.45) is 3.17. The molecule has 1 saturated heterocycles. The van der Waals surface area contributed by atoms with Gasteiger partial charge < -0.3 is 10.3 Å². The number of amides is 1. The highest BCUT2D eigenvalue weighted by molar-refractivity contribution is 5.86. The number of likely N-dealkylation sites (tertiary alicyclic amines) is 1. The van der Waals surface area contributed by atoms with Crippen molar-refractivity contribution in [2.24, 2.45) is 12.9 Å². The van der Waals surface area contributed by atoms with Crippen LogP contribution in [-0.4, -0.2) is 37.1 Å². The highest BCUT2D eigenvalue weighted by Gasteiger charge is 2.22. The maximum Gasteiger partial charge on any atom is 0.223 e. The number of nitrogens with one attached hydrogen (secondary N) is 1. The summed E-state index contributed by atoms with van der Waals surface area (Å²) in [7, 11) is 1.81. The lowest BCUT2D eigenvalue weighted by Gasteiger charge is -2.14. The second-order valence-electron chi connectivity index (χ2n) is 4.56. The molecule has 8 heteroatoms. The molecule has 19 heavy (non-hydrogen) atoms. The van der Waals surface area contributed by atoms with Crippen molar-refractivity contribution in [1.29, 1.82) is 0 Å². The van der Waals surface area contributed by atoms with Crippen molar-refractivity contribution in [2.75, 3.05) is 12.0 Å². The van der Waals surface area contributed by atoms with Gasteiger partial charge in [-0.1, -0.05) is 0 Å². The van der Waals surface area contributed by atoms with Gasteiger partial charge in [0.25, 0.3) is 0 Å². The molecule has 1 fully saturated rings. The maximum atomic E-state index is 11.6. The first kappa shape index (κ1) is 11.8. The number of fused-ring (bicyclic) bond motifs is 1. The van der Waals surface area contributed by atoms with Crippen molar-refractivity contribution >= 4 is 22.8 Å². The van der Waals surface area contributed by atoms with Crippen LogP contribution in [0.25, 0.3) is 11.0 Å². The summed E-state index contributed by atoms with van der Waals surface area (Å²) in [5.41, 5.74) is 3.25. The van der Waals surface area contributed by atoms with Gasteiger partial charge in [0.15, 0.2) is 17.3 Å². The van der Waals surface area contributed by atoms with E-state index in [0.717, 1.165) is 18.4 Å². The minimum atomic E-state index is 0.149. The fraction of sp³-hybridized carbons (Fsp3) is 0.455. The van der Waals surface area contributed by atoms with Crippen molar-refractivity contribution in [3.8, 4) is 0 Å². The number of hydrogen-bond donors (Lipinski definition) is 2. The van der Waals surface area contributed by atoms with Gasteiger partial charge in [-0.25, -0.2) is 15.8 Å². The zero-order valence-electron chi connectivity index (χ0n) is 10.6. The Morgan fingerprint density at radius 3 is 3.00 bits per heavy atom. The number of hydrogen-bond acceptors (Lipinski definition) is 6. The van der Waals surface area contributed by atoms with E-state index >= 15 is 0 Å². The van der Waals surface area contributed by atoms with Crippen LogP contribution in [0.3, 0.4) is 0 Å². The van der Waals surface area contributed by atoms with Crippen LogP contribution in [0.1, 0.15) is 18.7 Å². The number of nitrogens with two attached hydrogens (primary N) is 1. The van der Waals surface area contributed by atoms with Crippen LogP contribution in [0.4, 0.5) is 5.82 Å². The van der Waals surface area contributed by atoms with Gasteiger partial charge >= 0.3 is 0 Å². The normalized spacial score (nSPS) is 15.5. The van der Waals surface area contributed by atoms with Crippen LogP contribution >= 0.6 is 0 Å². The predicted octanol–water partition coefficient (Wildman–Crippen LogP) is -0.229. The third kappa shape index (κ3) is 1.99. The highest BCUT2D eigenvalue weighted by atomic mass is 16.2. The lowest BCUT2D eigenvalue weighted by molar-refractivity contribution is -0.128.